The van der Waals surface area contributed by atoms with Gasteiger partial charge in [0, 0.05) is 34.1 Å². The third-order valence-corrected chi connectivity index (χ3v) is 5.30. The van der Waals surface area contributed by atoms with E-state index in [2.05, 4.69) is 15.2 Å². The molecule has 32 heavy (non-hydrogen) atoms. The molecule has 0 saturated heterocycles. The first-order valence-electron chi connectivity index (χ1n) is 10.1. The molecule has 6 nitrogen and oxygen atoms in total. The molecule has 168 valence electrons. The lowest BCUT2D eigenvalue weighted by Crippen LogP contribution is -2.31. The van der Waals surface area contributed by atoms with Crippen molar-refractivity contribution in [1.82, 2.24) is 19.7 Å². The molecule has 2 aromatic heterocycles. The number of nitrogens with one attached hydrogen (secondary N) is 1. The van der Waals surface area contributed by atoms with Crippen molar-refractivity contribution in [3.05, 3.63) is 59.0 Å². The van der Waals surface area contributed by atoms with Crippen molar-refractivity contribution < 1.29 is 18.6 Å². The molecule has 0 aliphatic carbocycles. The van der Waals surface area contributed by atoms with Crippen molar-refractivity contribution in [2.75, 3.05) is 0 Å². The molecule has 9 heteroatoms. The Hall–Kier alpha value is -3.13. The van der Waals surface area contributed by atoms with Crippen LogP contribution in [-0.2, 0) is 12.1 Å². The van der Waals surface area contributed by atoms with E-state index in [1.165, 1.54) is 0 Å². The van der Waals surface area contributed by atoms with Crippen LogP contribution in [0.4, 0.5) is 8.78 Å². The van der Waals surface area contributed by atoms with Crippen LogP contribution in [0.1, 0.15) is 33.5 Å². The summed E-state index contributed by atoms with van der Waals surface area (Å²) in [6, 6.07) is 7.53. The topological polar surface area (TPSA) is 76.0 Å². The van der Waals surface area contributed by atoms with Crippen molar-refractivity contribution in [3.8, 4) is 23.0 Å². The maximum atomic E-state index is 14.4. The van der Waals surface area contributed by atoms with Crippen LogP contribution in [0.25, 0.3) is 22.2 Å². The van der Waals surface area contributed by atoms with Crippen LogP contribution < -0.4 is 4.74 Å². The summed E-state index contributed by atoms with van der Waals surface area (Å²) in [5.41, 5.74) is -0.415. The molecule has 0 fully saturated rings. The molecule has 4 rings (SSSR count). The Labute approximate surface area is 188 Å². The molecule has 0 spiro atoms. The van der Waals surface area contributed by atoms with Gasteiger partial charge in [-0.25, -0.2) is 8.78 Å². The first-order chi connectivity index (χ1) is 15.1. The average Bonchev–Trinajstić information content (AvgIpc) is 3.28. The predicted molar refractivity (Wildman–Crippen MR) is 119 cm³/mol. The standard InChI is InChI=1S/C23H23ClF2N4O2/c1-12(2)11-30-20(13-5-6-16-14(7-13)10-27-21(16)31)28-29-22(30)23(3,4)32-19-17(25)8-15(24)9-18(19)26/h5-10,12,27,31H,11H2,1-4H3. The van der Waals surface area contributed by atoms with Gasteiger partial charge in [-0.2, -0.15) is 0 Å². The van der Waals surface area contributed by atoms with Gasteiger partial charge in [0.05, 0.1) is 0 Å². The van der Waals surface area contributed by atoms with E-state index in [1.807, 2.05) is 30.5 Å². The number of H-pyrrole nitrogens is 1. The Morgan fingerprint density at radius 1 is 1.16 bits per heavy atom. The summed E-state index contributed by atoms with van der Waals surface area (Å²) in [7, 11) is 0. The maximum absolute atomic E-state index is 14.4. The second-order valence-corrected chi connectivity index (χ2v) is 9.04. The Morgan fingerprint density at radius 2 is 1.84 bits per heavy atom. The highest BCUT2D eigenvalue weighted by Crippen LogP contribution is 2.35. The number of hydrogen-bond donors (Lipinski definition) is 2. The summed E-state index contributed by atoms with van der Waals surface area (Å²) in [5.74, 6) is -0.964. The Balaban J connectivity index is 1.79. The minimum absolute atomic E-state index is 0.0541. The summed E-state index contributed by atoms with van der Waals surface area (Å²) >= 11 is 5.73. The summed E-state index contributed by atoms with van der Waals surface area (Å²) in [6.45, 7) is 8.02. The average molecular weight is 461 g/mol. The Kier molecular flexibility index (Phi) is 5.58. The quantitative estimate of drug-likeness (QED) is 0.368. The minimum atomic E-state index is -1.20. The van der Waals surface area contributed by atoms with E-state index >= 15 is 0 Å². The monoisotopic (exact) mass is 460 g/mol. The third kappa shape index (κ3) is 4.02. The van der Waals surface area contributed by atoms with Crippen LogP contribution in [0.2, 0.25) is 5.02 Å². The normalized spacial score (nSPS) is 12.1. The third-order valence-electron chi connectivity index (χ3n) is 5.09. The smallest absolute Gasteiger partial charge is 0.196 e. The molecule has 4 aromatic rings. The molecule has 0 bridgehead atoms. The largest absolute Gasteiger partial charge is 0.494 e. The Bertz CT molecular complexity index is 1270. The van der Waals surface area contributed by atoms with E-state index in [0.717, 1.165) is 23.1 Å². The number of rotatable bonds is 6. The Morgan fingerprint density at radius 3 is 2.50 bits per heavy atom. The number of ether oxygens (including phenoxy) is 1. The minimum Gasteiger partial charge on any atom is -0.494 e. The molecule has 0 radical (unpaired) electrons. The molecular weight excluding hydrogens is 438 g/mol. The van der Waals surface area contributed by atoms with Gasteiger partial charge < -0.3 is 19.4 Å². The zero-order valence-corrected chi connectivity index (χ0v) is 18.8. The van der Waals surface area contributed by atoms with Crippen LogP contribution in [0.5, 0.6) is 11.6 Å². The van der Waals surface area contributed by atoms with Gasteiger partial charge in [-0.3, -0.25) is 0 Å². The molecule has 0 amide bonds. The van der Waals surface area contributed by atoms with Crippen molar-refractivity contribution in [2.45, 2.75) is 39.8 Å². The molecule has 0 aliphatic heterocycles. The second kappa shape index (κ2) is 8.09. The molecule has 2 N–H and O–H groups in total. The van der Waals surface area contributed by atoms with Crippen molar-refractivity contribution >= 4 is 22.4 Å². The first kappa shape index (κ1) is 22.1. The first-order valence-corrected chi connectivity index (χ1v) is 10.5. The second-order valence-electron chi connectivity index (χ2n) is 8.60. The van der Waals surface area contributed by atoms with Gasteiger partial charge in [-0.1, -0.05) is 31.5 Å². The van der Waals surface area contributed by atoms with Gasteiger partial charge in [0.25, 0.3) is 0 Å². The molecule has 0 aliphatic rings. The predicted octanol–water partition coefficient (Wildman–Crippen LogP) is 6.03. The molecule has 2 heterocycles. The summed E-state index contributed by atoms with van der Waals surface area (Å²) < 4.78 is 36.4. The van der Waals surface area contributed by atoms with Crippen LogP contribution in [0.3, 0.4) is 0 Å². The fourth-order valence-corrected chi connectivity index (χ4v) is 3.88. The van der Waals surface area contributed by atoms with E-state index in [1.54, 1.807) is 26.1 Å². The lowest BCUT2D eigenvalue weighted by molar-refractivity contribution is 0.0818. The van der Waals surface area contributed by atoms with Crippen LogP contribution >= 0.6 is 11.6 Å². The summed E-state index contributed by atoms with van der Waals surface area (Å²) in [4.78, 5) is 2.79. The van der Waals surface area contributed by atoms with Gasteiger partial charge in [-0.15, -0.1) is 10.2 Å². The van der Waals surface area contributed by atoms with Crippen LogP contribution in [0.15, 0.2) is 36.5 Å². The van der Waals surface area contributed by atoms with E-state index in [-0.39, 0.29) is 16.8 Å². The van der Waals surface area contributed by atoms with Crippen molar-refractivity contribution in [3.63, 3.8) is 0 Å². The van der Waals surface area contributed by atoms with Gasteiger partial charge in [-0.05, 0) is 44.0 Å². The summed E-state index contributed by atoms with van der Waals surface area (Å²) in [6.07, 6.45) is 1.71. The lowest BCUT2D eigenvalue weighted by atomic mass is 10.1. The molecule has 2 aromatic carbocycles. The number of fused-ring (bicyclic) bond motifs is 1. The van der Waals surface area contributed by atoms with Gasteiger partial charge in [0.15, 0.2) is 40.5 Å². The summed E-state index contributed by atoms with van der Waals surface area (Å²) in [5, 5.41) is 20.1. The number of aromatic hydroxyl groups is 1. The van der Waals surface area contributed by atoms with Gasteiger partial charge >= 0.3 is 0 Å². The maximum Gasteiger partial charge on any atom is 0.196 e. The fourth-order valence-electron chi connectivity index (χ4n) is 3.69. The number of nitrogens with zero attached hydrogens (tertiary/aromatic N) is 3. The zero-order valence-electron chi connectivity index (χ0n) is 18.1. The van der Waals surface area contributed by atoms with Crippen molar-refractivity contribution in [1.29, 1.82) is 0 Å². The lowest BCUT2D eigenvalue weighted by Gasteiger charge is -2.27. The highest BCUT2D eigenvalue weighted by atomic mass is 35.5. The van der Waals surface area contributed by atoms with E-state index < -0.39 is 23.0 Å². The van der Waals surface area contributed by atoms with E-state index in [9.17, 15) is 13.9 Å². The van der Waals surface area contributed by atoms with Crippen LogP contribution in [0, 0.1) is 17.6 Å². The van der Waals surface area contributed by atoms with E-state index in [0.29, 0.717) is 23.6 Å². The number of halogens is 3. The highest BCUT2D eigenvalue weighted by molar-refractivity contribution is 6.30. The molecule has 0 unspecified atom stereocenters. The zero-order chi connectivity index (χ0) is 23.2. The molecule has 0 atom stereocenters. The number of hydrogen-bond acceptors (Lipinski definition) is 4. The highest BCUT2D eigenvalue weighted by Gasteiger charge is 2.33. The molecular formula is C23H23ClF2N4O2. The van der Waals surface area contributed by atoms with E-state index in [4.69, 9.17) is 16.3 Å². The van der Waals surface area contributed by atoms with Crippen LogP contribution in [-0.4, -0.2) is 24.9 Å². The molecule has 0 saturated carbocycles. The fraction of sp³-hybridized carbons (Fsp3) is 0.304. The SMILES string of the molecule is CC(C)Cn1c(-c2ccc3c(O)[nH]cc3c2)nnc1C(C)(C)Oc1c(F)cc(Cl)cc1F. The number of aromatic amines is 1. The number of aromatic nitrogens is 4. The van der Waals surface area contributed by atoms with Gasteiger partial charge in [0.1, 0.15) is 0 Å². The number of benzene rings is 2. The van der Waals surface area contributed by atoms with Gasteiger partial charge in [0.2, 0.25) is 0 Å². The van der Waals surface area contributed by atoms with Crippen molar-refractivity contribution in [2.24, 2.45) is 5.92 Å².